The summed E-state index contributed by atoms with van der Waals surface area (Å²) in [4.78, 5) is 5.37. The molecule has 0 fully saturated rings. The van der Waals surface area contributed by atoms with Crippen LogP contribution >= 0.6 is 0 Å². The van der Waals surface area contributed by atoms with E-state index in [0.29, 0.717) is 6.61 Å². The van der Waals surface area contributed by atoms with E-state index in [2.05, 4.69) is 60.6 Å². The summed E-state index contributed by atoms with van der Waals surface area (Å²) in [7, 11) is 0. The van der Waals surface area contributed by atoms with Crippen LogP contribution in [0.15, 0.2) is 84.0 Å². The zero-order valence-corrected chi connectivity index (χ0v) is 13.1. The number of aryl methyl sites for hydroxylation is 1. The summed E-state index contributed by atoms with van der Waals surface area (Å²) in [6, 6.07) is 26.9. The topological polar surface area (TPSA) is 21.6 Å². The first-order valence-electron chi connectivity index (χ1n) is 7.68. The molecule has 2 nitrogen and oxygen atoms in total. The van der Waals surface area contributed by atoms with E-state index in [9.17, 15) is 0 Å². The third-order valence-electron chi connectivity index (χ3n) is 3.65. The molecule has 0 spiro atoms. The SMILES string of the molecule is Cc1ccc(C=NOCc2ccc(-c3ccccc3)cc2)cc1. The lowest BCUT2D eigenvalue weighted by molar-refractivity contribution is 0.132. The lowest BCUT2D eigenvalue weighted by Crippen LogP contribution is -1.89. The Bertz CT molecular complexity index is 759. The van der Waals surface area contributed by atoms with Crippen molar-refractivity contribution in [3.63, 3.8) is 0 Å². The van der Waals surface area contributed by atoms with Gasteiger partial charge in [-0.05, 0) is 29.2 Å². The molecule has 3 aromatic carbocycles. The maximum absolute atomic E-state index is 5.37. The second-order valence-electron chi connectivity index (χ2n) is 5.48. The fraction of sp³-hybridized carbons (Fsp3) is 0.0952. The minimum absolute atomic E-state index is 0.470. The highest BCUT2D eigenvalue weighted by molar-refractivity contribution is 5.79. The predicted molar refractivity (Wildman–Crippen MR) is 95.4 cm³/mol. The Balaban J connectivity index is 1.55. The normalized spacial score (nSPS) is 10.8. The van der Waals surface area contributed by atoms with Crippen LogP contribution in [0.25, 0.3) is 11.1 Å². The third kappa shape index (κ3) is 4.30. The molecule has 0 amide bonds. The number of nitrogens with zero attached hydrogens (tertiary/aromatic N) is 1. The van der Waals surface area contributed by atoms with E-state index in [1.807, 2.05) is 30.3 Å². The van der Waals surface area contributed by atoms with E-state index in [1.165, 1.54) is 16.7 Å². The summed E-state index contributed by atoms with van der Waals surface area (Å²) in [5.74, 6) is 0. The lowest BCUT2D eigenvalue weighted by atomic mass is 10.0. The van der Waals surface area contributed by atoms with Gasteiger partial charge in [0.15, 0.2) is 0 Å². The first kappa shape index (κ1) is 15.0. The van der Waals surface area contributed by atoms with Crippen LogP contribution < -0.4 is 0 Å². The molecule has 0 aromatic heterocycles. The van der Waals surface area contributed by atoms with Crippen molar-refractivity contribution < 1.29 is 4.84 Å². The van der Waals surface area contributed by atoms with Gasteiger partial charge in [0.2, 0.25) is 0 Å². The molecule has 0 N–H and O–H groups in total. The molecule has 0 atom stereocenters. The molecule has 3 rings (SSSR count). The highest BCUT2D eigenvalue weighted by Gasteiger charge is 1.97. The van der Waals surface area contributed by atoms with Crippen molar-refractivity contribution in [2.75, 3.05) is 0 Å². The van der Waals surface area contributed by atoms with E-state index in [4.69, 9.17) is 4.84 Å². The Kier molecular flexibility index (Phi) is 4.85. The molecule has 0 bridgehead atoms. The molecule has 3 aromatic rings. The molecule has 0 saturated heterocycles. The number of oxime groups is 1. The Morgan fingerprint density at radius 3 is 2.13 bits per heavy atom. The van der Waals surface area contributed by atoms with Crippen LogP contribution in [0.1, 0.15) is 16.7 Å². The smallest absolute Gasteiger partial charge is 0.142 e. The van der Waals surface area contributed by atoms with E-state index in [0.717, 1.165) is 11.1 Å². The van der Waals surface area contributed by atoms with Crippen molar-refractivity contribution in [2.45, 2.75) is 13.5 Å². The van der Waals surface area contributed by atoms with Gasteiger partial charge in [0.1, 0.15) is 6.61 Å². The van der Waals surface area contributed by atoms with Crippen molar-refractivity contribution in [3.05, 3.63) is 95.6 Å². The van der Waals surface area contributed by atoms with E-state index in [1.54, 1.807) is 6.21 Å². The van der Waals surface area contributed by atoms with Gasteiger partial charge < -0.3 is 4.84 Å². The zero-order valence-electron chi connectivity index (χ0n) is 13.1. The van der Waals surface area contributed by atoms with Gasteiger partial charge in [-0.3, -0.25) is 0 Å². The minimum Gasteiger partial charge on any atom is -0.391 e. The summed E-state index contributed by atoms with van der Waals surface area (Å²) < 4.78 is 0. The Labute approximate surface area is 137 Å². The largest absolute Gasteiger partial charge is 0.391 e. The van der Waals surface area contributed by atoms with Gasteiger partial charge in [-0.2, -0.15) is 0 Å². The van der Waals surface area contributed by atoms with Crippen molar-refractivity contribution in [3.8, 4) is 11.1 Å². The van der Waals surface area contributed by atoms with E-state index >= 15 is 0 Å². The van der Waals surface area contributed by atoms with Gasteiger partial charge in [0.25, 0.3) is 0 Å². The summed E-state index contributed by atoms with van der Waals surface area (Å²) in [5.41, 5.74) is 5.80. The summed E-state index contributed by atoms with van der Waals surface area (Å²) >= 11 is 0. The van der Waals surface area contributed by atoms with Gasteiger partial charge in [-0.15, -0.1) is 0 Å². The van der Waals surface area contributed by atoms with E-state index < -0.39 is 0 Å². The Hall–Kier alpha value is -2.87. The first-order chi connectivity index (χ1) is 11.3. The number of hydrogen-bond donors (Lipinski definition) is 0. The van der Waals surface area contributed by atoms with Crippen molar-refractivity contribution in [1.82, 2.24) is 0 Å². The Morgan fingerprint density at radius 2 is 1.43 bits per heavy atom. The van der Waals surface area contributed by atoms with Crippen molar-refractivity contribution in [1.29, 1.82) is 0 Å². The Morgan fingerprint density at radius 1 is 0.783 bits per heavy atom. The van der Waals surface area contributed by atoms with Gasteiger partial charge in [-0.1, -0.05) is 89.6 Å². The van der Waals surface area contributed by atoms with Gasteiger partial charge >= 0.3 is 0 Å². The molecular weight excluding hydrogens is 282 g/mol. The third-order valence-corrected chi connectivity index (χ3v) is 3.65. The molecule has 114 valence electrons. The monoisotopic (exact) mass is 301 g/mol. The minimum atomic E-state index is 0.470. The molecule has 0 radical (unpaired) electrons. The summed E-state index contributed by atoms with van der Waals surface area (Å²) in [6.07, 6.45) is 1.73. The molecule has 2 heteroatoms. The van der Waals surface area contributed by atoms with Gasteiger partial charge in [0, 0.05) is 0 Å². The highest BCUT2D eigenvalue weighted by Crippen LogP contribution is 2.19. The second-order valence-corrected chi connectivity index (χ2v) is 5.48. The fourth-order valence-electron chi connectivity index (χ4n) is 2.29. The lowest BCUT2D eigenvalue weighted by Gasteiger charge is -2.04. The van der Waals surface area contributed by atoms with Crippen LogP contribution in [-0.2, 0) is 11.4 Å². The average Bonchev–Trinajstić information content (AvgIpc) is 2.62. The molecule has 23 heavy (non-hydrogen) atoms. The first-order valence-corrected chi connectivity index (χ1v) is 7.68. The fourth-order valence-corrected chi connectivity index (χ4v) is 2.29. The van der Waals surface area contributed by atoms with Crippen LogP contribution in [-0.4, -0.2) is 6.21 Å². The molecular formula is C21H19NO. The summed E-state index contributed by atoms with van der Waals surface area (Å²) in [6.45, 7) is 2.54. The quantitative estimate of drug-likeness (QED) is 0.468. The number of hydrogen-bond acceptors (Lipinski definition) is 2. The van der Waals surface area contributed by atoms with Crippen LogP contribution in [0.2, 0.25) is 0 Å². The van der Waals surface area contributed by atoms with E-state index in [-0.39, 0.29) is 0 Å². The molecule has 0 aliphatic rings. The standard InChI is InChI=1S/C21H19NO/c1-17-7-9-18(10-8-17)15-22-23-16-19-11-13-21(14-12-19)20-5-3-2-4-6-20/h2-15H,16H2,1H3. The second kappa shape index (κ2) is 7.41. The molecule has 0 aliphatic heterocycles. The number of rotatable bonds is 5. The van der Waals surface area contributed by atoms with Crippen LogP contribution in [0.5, 0.6) is 0 Å². The van der Waals surface area contributed by atoms with Crippen LogP contribution in [0.4, 0.5) is 0 Å². The maximum atomic E-state index is 5.37. The predicted octanol–water partition coefficient (Wildman–Crippen LogP) is 5.21. The average molecular weight is 301 g/mol. The molecule has 0 heterocycles. The van der Waals surface area contributed by atoms with Crippen molar-refractivity contribution >= 4 is 6.21 Å². The van der Waals surface area contributed by atoms with Gasteiger partial charge in [-0.25, -0.2) is 0 Å². The van der Waals surface area contributed by atoms with Gasteiger partial charge in [0.05, 0.1) is 6.21 Å². The maximum Gasteiger partial charge on any atom is 0.142 e. The van der Waals surface area contributed by atoms with Crippen molar-refractivity contribution in [2.24, 2.45) is 5.16 Å². The number of benzene rings is 3. The zero-order chi connectivity index (χ0) is 15.9. The molecule has 0 aliphatic carbocycles. The molecule has 0 saturated carbocycles. The van der Waals surface area contributed by atoms with Crippen LogP contribution in [0, 0.1) is 6.92 Å². The highest BCUT2D eigenvalue weighted by atomic mass is 16.6. The summed E-state index contributed by atoms with van der Waals surface area (Å²) in [5, 5.41) is 4.02. The molecule has 0 unspecified atom stereocenters. The van der Waals surface area contributed by atoms with Crippen LogP contribution in [0.3, 0.4) is 0 Å².